The van der Waals surface area contributed by atoms with Gasteiger partial charge < -0.3 is 15.5 Å². The lowest BCUT2D eigenvalue weighted by Gasteiger charge is -2.24. The molecular formula is C21H31N7O. The van der Waals surface area contributed by atoms with Crippen molar-refractivity contribution in [2.45, 2.75) is 70.4 Å². The molecule has 2 aromatic heterocycles. The van der Waals surface area contributed by atoms with Crippen LogP contribution in [0.4, 0.5) is 0 Å². The van der Waals surface area contributed by atoms with E-state index in [9.17, 15) is 0 Å². The molecule has 2 aliphatic rings. The van der Waals surface area contributed by atoms with E-state index in [0.717, 1.165) is 48.6 Å². The molecule has 0 aliphatic heterocycles. The maximum atomic E-state index is 6.49. The summed E-state index contributed by atoms with van der Waals surface area (Å²) in [5.74, 6) is 8.44. The summed E-state index contributed by atoms with van der Waals surface area (Å²) in [6.07, 6.45) is 10.2. The van der Waals surface area contributed by atoms with Crippen molar-refractivity contribution in [1.82, 2.24) is 24.8 Å². The number of allylic oxidation sites excluding steroid dienone is 1. The second-order valence-corrected chi connectivity index (χ2v) is 8.18. The smallest absolute Gasteiger partial charge is 0.140 e. The third kappa shape index (κ3) is 4.53. The van der Waals surface area contributed by atoms with Crippen LogP contribution in [0.15, 0.2) is 24.2 Å². The summed E-state index contributed by atoms with van der Waals surface area (Å²) in [5, 5.41) is 5.90. The van der Waals surface area contributed by atoms with Crippen molar-refractivity contribution in [1.29, 1.82) is 0 Å². The van der Waals surface area contributed by atoms with Crippen LogP contribution in [0.3, 0.4) is 0 Å². The van der Waals surface area contributed by atoms with Crippen molar-refractivity contribution in [2.24, 2.45) is 11.6 Å². The lowest BCUT2D eigenvalue weighted by atomic mass is 9.98. The van der Waals surface area contributed by atoms with Crippen molar-refractivity contribution >= 4 is 5.70 Å². The molecule has 8 nitrogen and oxygen atoms in total. The molecule has 156 valence electrons. The Hall–Kier alpha value is -2.61. The maximum absolute atomic E-state index is 6.49. The molecule has 0 saturated heterocycles. The minimum absolute atomic E-state index is 0.293. The Morgan fingerprint density at radius 2 is 1.97 bits per heavy atom. The zero-order valence-electron chi connectivity index (χ0n) is 17.3. The van der Waals surface area contributed by atoms with Crippen molar-refractivity contribution in [2.75, 3.05) is 7.05 Å². The fourth-order valence-electron chi connectivity index (χ4n) is 3.91. The van der Waals surface area contributed by atoms with Gasteiger partial charge in [-0.3, -0.25) is 0 Å². The molecule has 2 aliphatic carbocycles. The summed E-state index contributed by atoms with van der Waals surface area (Å²) in [4.78, 5) is 9.11. The average Bonchev–Trinajstić information content (AvgIpc) is 3.46. The van der Waals surface area contributed by atoms with Crippen molar-refractivity contribution in [3.63, 3.8) is 0 Å². The van der Waals surface area contributed by atoms with E-state index in [0.29, 0.717) is 30.0 Å². The molecule has 0 spiro atoms. The first-order valence-corrected chi connectivity index (χ1v) is 10.5. The van der Waals surface area contributed by atoms with E-state index in [2.05, 4.69) is 10.1 Å². The molecular weight excluding hydrogens is 366 g/mol. The molecule has 8 heteroatoms. The zero-order chi connectivity index (χ0) is 20.4. The fraction of sp³-hybridized carbons (Fsp3) is 0.571. The summed E-state index contributed by atoms with van der Waals surface area (Å²) in [7, 11) is 1.78. The van der Waals surface area contributed by atoms with E-state index in [-0.39, 0.29) is 0 Å². The monoisotopic (exact) mass is 397 g/mol. The van der Waals surface area contributed by atoms with Crippen LogP contribution in [0.2, 0.25) is 0 Å². The Bertz CT molecular complexity index is 879. The highest BCUT2D eigenvalue weighted by Gasteiger charge is 2.29. The van der Waals surface area contributed by atoms with E-state index < -0.39 is 0 Å². The van der Waals surface area contributed by atoms with Crippen LogP contribution in [0, 0.1) is 6.92 Å². The van der Waals surface area contributed by atoms with Crippen LogP contribution >= 0.6 is 0 Å². The van der Waals surface area contributed by atoms with Crippen molar-refractivity contribution in [3.05, 3.63) is 41.4 Å². The summed E-state index contributed by atoms with van der Waals surface area (Å²) in [6.45, 7) is 2.43. The van der Waals surface area contributed by atoms with Crippen LogP contribution in [0.25, 0.3) is 5.70 Å². The lowest BCUT2D eigenvalue weighted by Crippen LogP contribution is -2.31. The Morgan fingerprint density at radius 3 is 2.62 bits per heavy atom. The Kier molecular flexibility index (Phi) is 5.71. The number of ether oxygens (including phenoxy) is 1. The molecule has 2 heterocycles. The van der Waals surface area contributed by atoms with Crippen LogP contribution in [-0.4, -0.2) is 37.9 Å². The number of hydrazine groups is 1. The van der Waals surface area contributed by atoms with Gasteiger partial charge in [0, 0.05) is 13.0 Å². The summed E-state index contributed by atoms with van der Waals surface area (Å²) >= 11 is 0. The molecule has 0 amide bonds. The number of pyridine rings is 1. The molecule has 29 heavy (non-hydrogen) atoms. The second kappa shape index (κ2) is 8.41. The Balaban J connectivity index is 1.56. The van der Waals surface area contributed by atoms with Crippen molar-refractivity contribution in [3.8, 4) is 5.75 Å². The highest BCUT2D eigenvalue weighted by Crippen LogP contribution is 2.38. The van der Waals surface area contributed by atoms with Gasteiger partial charge in [-0.25, -0.2) is 20.5 Å². The molecule has 0 radical (unpaired) electrons. The standard InChI is InChI=1S/C21H31N7O/c1-14-19(29-16-6-4-3-5-7-16)11-10-17(26-14)20(22)18(27(2)23)12-28-21(15-8-9-15)24-13-25-28/h10-11,13,15-16H,3-9,12,22-23H2,1-2H3/b20-18-. The Morgan fingerprint density at radius 1 is 1.21 bits per heavy atom. The van der Waals surface area contributed by atoms with E-state index in [1.54, 1.807) is 13.4 Å². The fourth-order valence-corrected chi connectivity index (χ4v) is 3.91. The Labute approximate surface area is 171 Å². The molecule has 0 unspecified atom stereocenters. The second-order valence-electron chi connectivity index (χ2n) is 8.18. The largest absolute Gasteiger partial charge is 0.489 e. The number of nitrogens with zero attached hydrogens (tertiary/aromatic N) is 5. The van der Waals surface area contributed by atoms with Gasteiger partial charge >= 0.3 is 0 Å². The topological polar surface area (TPSA) is 108 Å². The minimum atomic E-state index is 0.293. The summed E-state index contributed by atoms with van der Waals surface area (Å²) < 4.78 is 8.07. The normalized spacial score (nSPS) is 18.4. The number of aryl methyl sites for hydroxylation is 1. The van der Waals surface area contributed by atoms with Gasteiger partial charge in [-0.2, -0.15) is 5.10 Å². The molecule has 4 rings (SSSR count). The number of likely N-dealkylation sites (N-methyl/N-ethyl adjacent to an activating group) is 1. The maximum Gasteiger partial charge on any atom is 0.140 e. The first kappa shape index (κ1) is 19.7. The zero-order valence-corrected chi connectivity index (χ0v) is 17.3. The summed E-state index contributed by atoms with van der Waals surface area (Å²) in [5.41, 5.74) is 9.33. The molecule has 4 N–H and O–H groups in total. The van der Waals surface area contributed by atoms with Gasteiger partial charge in [0.05, 0.1) is 35.4 Å². The quantitative estimate of drug-likeness (QED) is 0.546. The number of nitrogens with two attached hydrogens (primary N) is 2. The molecule has 2 saturated carbocycles. The minimum Gasteiger partial charge on any atom is -0.489 e. The SMILES string of the molecule is Cc1nc(/C(N)=C(\Cn2ncnc2C2CC2)N(C)N)ccc1OC1CCCCC1. The van der Waals surface area contributed by atoms with E-state index >= 15 is 0 Å². The molecule has 2 aromatic rings. The van der Waals surface area contributed by atoms with Crippen molar-refractivity contribution < 1.29 is 4.74 Å². The first-order chi connectivity index (χ1) is 14.0. The molecule has 2 fully saturated rings. The number of hydrogen-bond donors (Lipinski definition) is 2. The van der Waals surface area contributed by atoms with Gasteiger partial charge in [0.25, 0.3) is 0 Å². The molecule has 0 bridgehead atoms. The predicted molar refractivity (Wildman–Crippen MR) is 112 cm³/mol. The van der Waals surface area contributed by atoms with Gasteiger partial charge in [0.15, 0.2) is 0 Å². The highest BCUT2D eigenvalue weighted by molar-refractivity contribution is 5.63. The number of aromatic nitrogens is 4. The van der Waals surface area contributed by atoms with E-state index in [1.807, 2.05) is 23.7 Å². The van der Waals surface area contributed by atoms with Gasteiger partial charge in [-0.05, 0) is 57.6 Å². The van der Waals surface area contributed by atoms with Crippen LogP contribution < -0.4 is 16.3 Å². The van der Waals surface area contributed by atoms with Gasteiger partial charge in [-0.15, -0.1) is 0 Å². The van der Waals surface area contributed by atoms with E-state index in [4.69, 9.17) is 21.3 Å². The van der Waals surface area contributed by atoms with Gasteiger partial charge in [-0.1, -0.05) is 6.42 Å². The number of hydrogen-bond acceptors (Lipinski definition) is 7. The third-order valence-electron chi connectivity index (χ3n) is 5.78. The van der Waals surface area contributed by atoms with E-state index in [1.165, 1.54) is 24.3 Å². The van der Waals surface area contributed by atoms with Gasteiger partial charge in [0.2, 0.25) is 0 Å². The van der Waals surface area contributed by atoms with Crippen LogP contribution in [-0.2, 0) is 6.54 Å². The van der Waals surface area contributed by atoms with Crippen LogP contribution in [0.1, 0.15) is 68.1 Å². The van der Waals surface area contributed by atoms with Gasteiger partial charge in [0.1, 0.15) is 17.9 Å². The molecule has 0 aromatic carbocycles. The lowest BCUT2D eigenvalue weighted by molar-refractivity contribution is 0.153. The highest BCUT2D eigenvalue weighted by atomic mass is 16.5. The first-order valence-electron chi connectivity index (χ1n) is 10.5. The van der Waals surface area contributed by atoms with Crippen LogP contribution in [0.5, 0.6) is 5.75 Å². The predicted octanol–water partition coefficient (Wildman–Crippen LogP) is 2.70. The molecule has 0 atom stereocenters. The average molecular weight is 398 g/mol. The third-order valence-corrected chi connectivity index (χ3v) is 5.78. The number of rotatable bonds is 7. The summed E-state index contributed by atoms with van der Waals surface area (Å²) in [6, 6.07) is 3.88.